The standard InChI is InChI=1S/C20H19ClN2OS/c1-15-7-9-18(10-8-15)22-20(25)23(14-19-6-3-11-24-19)13-16-4-2-5-17(21)12-16/h2-12H,13-14H2,1H3,(H,22,25). The van der Waals surface area contributed by atoms with E-state index in [4.69, 9.17) is 28.2 Å². The van der Waals surface area contributed by atoms with Gasteiger partial charge in [-0.2, -0.15) is 0 Å². The first-order chi connectivity index (χ1) is 12.1. The highest BCUT2D eigenvalue weighted by Gasteiger charge is 2.13. The summed E-state index contributed by atoms with van der Waals surface area (Å²) in [4.78, 5) is 2.06. The molecule has 0 atom stereocenters. The van der Waals surface area contributed by atoms with Crippen LogP contribution in [0.1, 0.15) is 16.9 Å². The summed E-state index contributed by atoms with van der Waals surface area (Å²) >= 11 is 11.7. The van der Waals surface area contributed by atoms with E-state index in [1.54, 1.807) is 6.26 Å². The first-order valence-electron chi connectivity index (χ1n) is 7.99. The number of benzene rings is 2. The number of anilines is 1. The summed E-state index contributed by atoms with van der Waals surface area (Å²) in [5.74, 6) is 0.857. The van der Waals surface area contributed by atoms with E-state index >= 15 is 0 Å². The molecule has 25 heavy (non-hydrogen) atoms. The molecule has 128 valence electrons. The maximum absolute atomic E-state index is 6.11. The van der Waals surface area contributed by atoms with Gasteiger partial charge in [-0.15, -0.1) is 0 Å². The Morgan fingerprint density at radius 3 is 2.56 bits per heavy atom. The number of aryl methyl sites for hydroxylation is 1. The van der Waals surface area contributed by atoms with Crippen molar-refractivity contribution < 1.29 is 4.42 Å². The summed E-state index contributed by atoms with van der Waals surface area (Å²) in [6.45, 7) is 3.28. The van der Waals surface area contributed by atoms with Gasteiger partial charge in [0.15, 0.2) is 5.11 Å². The quantitative estimate of drug-likeness (QED) is 0.588. The van der Waals surface area contributed by atoms with Gasteiger partial charge in [0.25, 0.3) is 0 Å². The fraction of sp³-hybridized carbons (Fsp3) is 0.150. The number of furan rings is 1. The van der Waals surface area contributed by atoms with Gasteiger partial charge >= 0.3 is 0 Å². The largest absolute Gasteiger partial charge is 0.467 e. The lowest BCUT2D eigenvalue weighted by Gasteiger charge is -2.25. The summed E-state index contributed by atoms with van der Waals surface area (Å²) in [7, 11) is 0. The molecule has 2 aromatic carbocycles. The van der Waals surface area contributed by atoms with Gasteiger partial charge in [-0.1, -0.05) is 41.4 Å². The zero-order valence-electron chi connectivity index (χ0n) is 13.9. The van der Waals surface area contributed by atoms with Crippen molar-refractivity contribution in [3.05, 3.63) is 88.8 Å². The van der Waals surface area contributed by atoms with E-state index < -0.39 is 0 Å². The molecular weight excluding hydrogens is 352 g/mol. The van der Waals surface area contributed by atoms with Crippen LogP contribution in [0.5, 0.6) is 0 Å². The smallest absolute Gasteiger partial charge is 0.174 e. The molecular formula is C20H19ClN2OS. The number of hydrogen-bond donors (Lipinski definition) is 1. The molecule has 0 aliphatic heterocycles. The van der Waals surface area contributed by atoms with E-state index in [0.29, 0.717) is 23.2 Å². The van der Waals surface area contributed by atoms with Crippen LogP contribution < -0.4 is 5.32 Å². The Hall–Kier alpha value is -2.30. The van der Waals surface area contributed by atoms with Crippen molar-refractivity contribution in [3.63, 3.8) is 0 Å². The summed E-state index contributed by atoms with van der Waals surface area (Å²) in [6.07, 6.45) is 1.67. The molecule has 0 fully saturated rings. The van der Waals surface area contributed by atoms with Gasteiger partial charge in [-0.3, -0.25) is 0 Å². The minimum Gasteiger partial charge on any atom is -0.467 e. The van der Waals surface area contributed by atoms with E-state index in [9.17, 15) is 0 Å². The molecule has 3 rings (SSSR count). The van der Waals surface area contributed by atoms with Crippen LogP contribution in [0.2, 0.25) is 5.02 Å². The molecule has 1 aromatic heterocycles. The van der Waals surface area contributed by atoms with Crippen molar-refractivity contribution in [3.8, 4) is 0 Å². The Bertz CT molecular complexity index is 831. The number of nitrogens with zero attached hydrogens (tertiary/aromatic N) is 1. The maximum atomic E-state index is 6.11. The van der Waals surface area contributed by atoms with Crippen LogP contribution in [0.3, 0.4) is 0 Å². The Balaban J connectivity index is 1.77. The number of rotatable bonds is 5. The van der Waals surface area contributed by atoms with Gasteiger partial charge in [0.1, 0.15) is 5.76 Å². The molecule has 0 bridgehead atoms. The van der Waals surface area contributed by atoms with E-state index in [0.717, 1.165) is 17.0 Å². The van der Waals surface area contributed by atoms with Gasteiger partial charge < -0.3 is 14.6 Å². The molecule has 0 saturated heterocycles. The molecule has 1 heterocycles. The minimum absolute atomic E-state index is 0.581. The molecule has 0 saturated carbocycles. The van der Waals surface area contributed by atoms with Crippen molar-refractivity contribution in [2.45, 2.75) is 20.0 Å². The van der Waals surface area contributed by atoms with Crippen LogP contribution in [-0.2, 0) is 13.1 Å². The third-order valence-electron chi connectivity index (χ3n) is 3.78. The van der Waals surface area contributed by atoms with Gasteiger partial charge in [-0.05, 0) is 61.1 Å². The molecule has 0 aliphatic rings. The second-order valence-electron chi connectivity index (χ2n) is 5.86. The third kappa shape index (κ3) is 5.08. The van der Waals surface area contributed by atoms with Crippen molar-refractivity contribution >= 4 is 34.6 Å². The Morgan fingerprint density at radius 1 is 1.08 bits per heavy atom. The Labute approximate surface area is 158 Å². The van der Waals surface area contributed by atoms with Crippen molar-refractivity contribution in [1.29, 1.82) is 0 Å². The van der Waals surface area contributed by atoms with Gasteiger partial charge in [0, 0.05) is 17.3 Å². The average Bonchev–Trinajstić information content (AvgIpc) is 3.09. The number of halogens is 1. The molecule has 0 radical (unpaired) electrons. The lowest BCUT2D eigenvalue weighted by atomic mass is 10.2. The lowest BCUT2D eigenvalue weighted by Crippen LogP contribution is -2.33. The van der Waals surface area contributed by atoms with E-state index in [1.807, 2.05) is 48.5 Å². The fourth-order valence-electron chi connectivity index (χ4n) is 2.49. The number of nitrogens with one attached hydrogen (secondary N) is 1. The highest BCUT2D eigenvalue weighted by atomic mass is 35.5. The lowest BCUT2D eigenvalue weighted by molar-refractivity contribution is 0.360. The molecule has 5 heteroatoms. The van der Waals surface area contributed by atoms with Crippen LogP contribution in [0, 0.1) is 6.92 Å². The minimum atomic E-state index is 0.581. The summed E-state index contributed by atoms with van der Waals surface area (Å²) in [5.41, 5.74) is 3.26. The third-order valence-corrected chi connectivity index (χ3v) is 4.37. The van der Waals surface area contributed by atoms with Crippen molar-refractivity contribution in [2.24, 2.45) is 0 Å². The maximum Gasteiger partial charge on any atom is 0.174 e. The second kappa shape index (κ2) is 8.19. The van der Waals surface area contributed by atoms with Crippen molar-refractivity contribution in [1.82, 2.24) is 4.90 Å². The highest BCUT2D eigenvalue weighted by molar-refractivity contribution is 7.80. The molecule has 0 aliphatic carbocycles. The first-order valence-corrected chi connectivity index (χ1v) is 8.78. The van der Waals surface area contributed by atoms with Crippen molar-refractivity contribution in [2.75, 3.05) is 5.32 Å². The summed E-state index contributed by atoms with van der Waals surface area (Å²) in [6, 6.07) is 19.8. The molecule has 0 unspecified atom stereocenters. The Morgan fingerprint density at radius 2 is 1.88 bits per heavy atom. The number of hydrogen-bond acceptors (Lipinski definition) is 2. The van der Waals surface area contributed by atoms with Crippen LogP contribution in [0.15, 0.2) is 71.3 Å². The summed E-state index contributed by atoms with van der Waals surface area (Å²) in [5, 5.41) is 4.65. The second-order valence-corrected chi connectivity index (χ2v) is 6.68. The average molecular weight is 371 g/mol. The zero-order chi connectivity index (χ0) is 17.6. The summed E-state index contributed by atoms with van der Waals surface area (Å²) < 4.78 is 5.49. The normalized spacial score (nSPS) is 10.5. The van der Waals surface area contributed by atoms with Crippen LogP contribution in [0.25, 0.3) is 0 Å². The van der Waals surface area contributed by atoms with Gasteiger partial charge in [0.2, 0.25) is 0 Å². The first kappa shape index (κ1) is 17.5. The molecule has 3 aromatic rings. The van der Waals surface area contributed by atoms with Gasteiger partial charge in [-0.25, -0.2) is 0 Å². The monoisotopic (exact) mass is 370 g/mol. The SMILES string of the molecule is Cc1ccc(NC(=S)N(Cc2cccc(Cl)c2)Cc2ccco2)cc1. The highest BCUT2D eigenvalue weighted by Crippen LogP contribution is 2.17. The predicted molar refractivity (Wildman–Crippen MR) is 107 cm³/mol. The molecule has 1 N–H and O–H groups in total. The predicted octanol–water partition coefficient (Wildman–Crippen LogP) is 5.64. The van der Waals surface area contributed by atoms with Gasteiger partial charge in [0.05, 0.1) is 12.8 Å². The van der Waals surface area contributed by atoms with E-state index in [-0.39, 0.29) is 0 Å². The zero-order valence-corrected chi connectivity index (χ0v) is 15.5. The fourth-order valence-corrected chi connectivity index (χ4v) is 2.95. The molecule has 3 nitrogen and oxygen atoms in total. The van der Waals surface area contributed by atoms with Crippen LogP contribution in [-0.4, -0.2) is 10.0 Å². The number of thiocarbonyl (C=S) groups is 1. The molecule has 0 amide bonds. The molecule has 0 spiro atoms. The van der Waals surface area contributed by atoms with E-state index in [1.165, 1.54) is 5.56 Å². The topological polar surface area (TPSA) is 28.4 Å². The van der Waals surface area contributed by atoms with E-state index in [2.05, 4.69) is 29.3 Å². The Kier molecular flexibility index (Phi) is 5.74. The van der Waals surface area contributed by atoms with Crippen LogP contribution >= 0.6 is 23.8 Å². The van der Waals surface area contributed by atoms with Crippen LogP contribution in [0.4, 0.5) is 5.69 Å².